The van der Waals surface area contributed by atoms with Gasteiger partial charge in [0.25, 0.3) is 0 Å². The van der Waals surface area contributed by atoms with Crippen molar-refractivity contribution in [1.82, 2.24) is 30.0 Å². The number of halogens is 2. The zero-order valence-corrected chi connectivity index (χ0v) is 21.2. The van der Waals surface area contributed by atoms with Crippen LogP contribution in [0.1, 0.15) is 24.8 Å². The van der Waals surface area contributed by atoms with Gasteiger partial charge in [0, 0.05) is 41.0 Å². The third-order valence-electron chi connectivity index (χ3n) is 7.51. The average Bonchev–Trinajstić information content (AvgIpc) is 3.59. The fourth-order valence-electron chi connectivity index (χ4n) is 5.58. The summed E-state index contributed by atoms with van der Waals surface area (Å²) in [6.07, 6.45) is 7.39. The van der Waals surface area contributed by atoms with Crippen LogP contribution < -0.4 is 0 Å². The van der Waals surface area contributed by atoms with Crippen molar-refractivity contribution in [3.8, 4) is 33.8 Å². The Kier molecular flexibility index (Phi) is 5.89. The van der Waals surface area contributed by atoms with Crippen LogP contribution in [0.2, 0.25) is 0 Å². The maximum absolute atomic E-state index is 15.3. The summed E-state index contributed by atoms with van der Waals surface area (Å²) >= 11 is 0. The Morgan fingerprint density at radius 3 is 2.54 bits per heavy atom. The lowest BCUT2D eigenvalue weighted by molar-refractivity contribution is 0.220. The van der Waals surface area contributed by atoms with Crippen LogP contribution in [-0.4, -0.2) is 43.1 Å². The molecule has 1 aliphatic heterocycles. The van der Waals surface area contributed by atoms with Crippen LogP contribution in [0.5, 0.6) is 0 Å². The first-order chi connectivity index (χ1) is 19.1. The standard InChI is InChI=1S/C31H26F2N6/c32-25-9-3-2-7-22(25)23-8-6-10-27-29(23)36-31(35-27)30-24-14-20(15-26(33)28(24)37-38-30)21-13-19(16-34-17-21)18-39-11-4-1-5-12-39/h2-3,6-10,13-17H,1,4-5,11-12,18H2,(H,35,36)(H,37,38). The molecule has 0 atom stereocenters. The highest BCUT2D eigenvalue weighted by atomic mass is 19.1. The molecule has 1 saturated heterocycles. The first kappa shape index (κ1) is 23.7. The number of hydrogen-bond donors (Lipinski definition) is 2. The molecule has 3 aromatic carbocycles. The second-order valence-corrected chi connectivity index (χ2v) is 10.1. The second-order valence-electron chi connectivity index (χ2n) is 10.1. The van der Waals surface area contributed by atoms with Gasteiger partial charge in [-0.3, -0.25) is 15.0 Å². The number of aromatic amines is 2. The first-order valence-corrected chi connectivity index (χ1v) is 13.2. The van der Waals surface area contributed by atoms with Crippen LogP contribution in [-0.2, 0) is 6.54 Å². The number of H-pyrrole nitrogens is 2. The van der Waals surface area contributed by atoms with Gasteiger partial charge in [0.15, 0.2) is 5.82 Å². The van der Waals surface area contributed by atoms with Gasteiger partial charge in [-0.25, -0.2) is 13.8 Å². The van der Waals surface area contributed by atoms with Crippen LogP contribution >= 0.6 is 0 Å². The number of para-hydroxylation sites is 1. The minimum absolute atomic E-state index is 0.306. The lowest BCUT2D eigenvalue weighted by Gasteiger charge is -2.26. The van der Waals surface area contributed by atoms with Crippen molar-refractivity contribution in [1.29, 1.82) is 0 Å². The van der Waals surface area contributed by atoms with E-state index in [4.69, 9.17) is 4.98 Å². The number of likely N-dealkylation sites (tertiary alicyclic amines) is 1. The molecule has 0 bridgehead atoms. The Morgan fingerprint density at radius 2 is 1.67 bits per heavy atom. The molecule has 1 aliphatic rings. The number of pyridine rings is 1. The van der Waals surface area contributed by atoms with Gasteiger partial charge in [-0.15, -0.1) is 0 Å². The molecular weight excluding hydrogens is 494 g/mol. The van der Waals surface area contributed by atoms with E-state index in [2.05, 4.69) is 31.1 Å². The van der Waals surface area contributed by atoms with E-state index >= 15 is 4.39 Å². The predicted octanol–water partition coefficient (Wildman–Crippen LogP) is 7.10. The zero-order chi connectivity index (χ0) is 26.3. The Balaban J connectivity index is 1.29. The highest BCUT2D eigenvalue weighted by Gasteiger charge is 2.19. The van der Waals surface area contributed by atoms with Gasteiger partial charge in [0.05, 0.1) is 11.0 Å². The van der Waals surface area contributed by atoms with E-state index in [0.29, 0.717) is 39.1 Å². The number of imidazole rings is 1. The Hall–Kier alpha value is -4.43. The fraction of sp³-hybridized carbons (Fsp3) is 0.194. The van der Waals surface area contributed by atoms with Gasteiger partial charge in [-0.2, -0.15) is 5.10 Å². The summed E-state index contributed by atoms with van der Waals surface area (Å²) in [6.45, 7) is 3.03. The normalized spacial score (nSPS) is 14.4. The quantitative estimate of drug-likeness (QED) is 0.254. The van der Waals surface area contributed by atoms with Crippen LogP contribution in [0.25, 0.3) is 55.7 Å². The maximum atomic E-state index is 15.3. The molecule has 8 heteroatoms. The summed E-state index contributed by atoms with van der Waals surface area (Å²) in [6, 6.07) is 17.7. The lowest BCUT2D eigenvalue weighted by atomic mass is 10.0. The summed E-state index contributed by atoms with van der Waals surface area (Å²) in [7, 11) is 0. The molecule has 6 nitrogen and oxygen atoms in total. The number of rotatable bonds is 5. The number of fused-ring (bicyclic) bond motifs is 2. The molecular formula is C31H26F2N6. The van der Waals surface area contributed by atoms with E-state index in [1.165, 1.54) is 31.4 Å². The number of nitrogens with zero attached hydrogens (tertiary/aromatic N) is 4. The van der Waals surface area contributed by atoms with Crippen LogP contribution in [0, 0.1) is 11.6 Å². The van der Waals surface area contributed by atoms with Crippen molar-refractivity contribution in [2.45, 2.75) is 25.8 Å². The second kappa shape index (κ2) is 9.71. The smallest absolute Gasteiger partial charge is 0.159 e. The number of hydrogen-bond acceptors (Lipinski definition) is 4. The molecule has 0 spiro atoms. The zero-order valence-electron chi connectivity index (χ0n) is 21.2. The number of aromatic nitrogens is 5. The molecule has 4 heterocycles. The monoisotopic (exact) mass is 520 g/mol. The molecule has 0 saturated carbocycles. The van der Waals surface area contributed by atoms with E-state index in [9.17, 15) is 4.39 Å². The van der Waals surface area contributed by atoms with Crippen molar-refractivity contribution >= 4 is 21.9 Å². The summed E-state index contributed by atoms with van der Waals surface area (Å²) < 4.78 is 29.9. The highest BCUT2D eigenvalue weighted by Crippen LogP contribution is 2.35. The molecule has 2 N–H and O–H groups in total. The first-order valence-electron chi connectivity index (χ1n) is 13.2. The Bertz CT molecular complexity index is 1820. The van der Waals surface area contributed by atoms with Crippen LogP contribution in [0.3, 0.4) is 0 Å². The van der Waals surface area contributed by atoms with Gasteiger partial charge in [-0.1, -0.05) is 36.8 Å². The van der Waals surface area contributed by atoms with Gasteiger partial charge < -0.3 is 4.98 Å². The third kappa shape index (κ3) is 4.36. The van der Waals surface area contributed by atoms with Gasteiger partial charge in [-0.05, 0) is 67.4 Å². The highest BCUT2D eigenvalue weighted by molar-refractivity contribution is 5.98. The SMILES string of the molecule is Fc1ccccc1-c1cccc2[nH]c(-c3n[nH]c4c(F)cc(-c5cncc(CN6CCCCC6)c5)cc34)nc12. The van der Waals surface area contributed by atoms with Crippen LogP contribution in [0.15, 0.2) is 73.1 Å². The van der Waals surface area contributed by atoms with Crippen molar-refractivity contribution in [3.05, 3.63) is 90.3 Å². The van der Waals surface area contributed by atoms with E-state index in [1.54, 1.807) is 24.4 Å². The summed E-state index contributed by atoms with van der Waals surface area (Å²) in [5.74, 6) is -0.234. The largest absolute Gasteiger partial charge is 0.337 e. The van der Waals surface area contributed by atoms with Gasteiger partial charge in [0.1, 0.15) is 22.8 Å². The minimum Gasteiger partial charge on any atom is -0.337 e. The van der Waals surface area contributed by atoms with E-state index in [0.717, 1.165) is 41.8 Å². The summed E-state index contributed by atoms with van der Waals surface area (Å²) in [4.78, 5) is 15.0. The molecule has 39 heavy (non-hydrogen) atoms. The predicted molar refractivity (Wildman–Crippen MR) is 149 cm³/mol. The van der Waals surface area contributed by atoms with Gasteiger partial charge >= 0.3 is 0 Å². The lowest BCUT2D eigenvalue weighted by Crippen LogP contribution is -2.29. The van der Waals surface area contributed by atoms with Crippen molar-refractivity contribution in [2.75, 3.05) is 13.1 Å². The molecule has 0 unspecified atom stereocenters. The topological polar surface area (TPSA) is 73.5 Å². The Labute approximate surface area is 223 Å². The van der Waals surface area contributed by atoms with Crippen molar-refractivity contribution in [3.63, 3.8) is 0 Å². The summed E-state index contributed by atoms with van der Waals surface area (Å²) in [5, 5.41) is 7.86. The fourth-order valence-corrected chi connectivity index (χ4v) is 5.58. The molecule has 7 rings (SSSR count). The van der Waals surface area contributed by atoms with E-state index in [-0.39, 0.29) is 5.82 Å². The molecule has 0 aliphatic carbocycles. The van der Waals surface area contributed by atoms with E-state index in [1.807, 2.05) is 30.5 Å². The number of benzene rings is 3. The molecule has 0 amide bonds. The molecule has 1 fully saturated rings. The van der Waals surface area contributed by atoms with E-state index < -0.39 is 5.82 Å². The number of piperidine rings is 1. The molecule has 0 radical (unpaired) electrons. The van der Waals surface area contributed by atoms with Crippen LogP contribution in [0.4, 0.5) is 8.78 Å². The molecule has 194 valence electrons. The van der Waals surface area contributed by atoms with Crippen molar-refractivity contribution in [2.24, 2.45) is 0 Å². The molecule has 3 aromatic heterocycles. The molecule has 6 aromatic rings. The summed E-state index contributed by atoms with van der Waals surface area (Å²) in [5.41, 5.74) is 6.01. The average molecular weight is 521 g/mol. The minimum atomic E-state index is -0.397. The van der Waals surface area contributed by atoms with Crippen molar-refractivity contribution < 1.29 is 8.78 Å². The van der Waals surface area contributed by atoms with Gasteiger partial charge in [0.2, 0.25) is 0 Å². The maximum Gasteiger partial charge on any atom is 0.159 e. The Morgan fingerprint density at radius 1 is 0.821 bits per heavy atom. The third-order valence-corrected chi connectivity index (χ3v) is 7.51. The number of nitrogens with one attached hydrogen (secondary N) is 2.